The van der Waals surface area contributed by atoms with Gasteiger partial charge in [0, 0.05) is 5.69 Å². The Balaban J connectivity index is 2.25. The second-order valence-electron chi connectivity index (χ2n) is 3.38. The zero-order valence-corrected chi connectivity index (χ0v) is 11.8. The first kappa shape index (κ1) is 12.8. The molecule has 5 nitrogen and oxygen atoms in total. The summed E-state index contributed by atoms with van der Waals surface area (Å²) >= 11 is 4.61. The number of amides is 1. The molecule has 1 heterocycles. The van der Waals surface area contributed by atoms with Gasteiger partial charge in [-0.3, -0.25) is 10.1 Å². The number of rotatable bonds is 3. The summed E-state index contributed by atoms with van der Waals surface area (Å²) in [4.78, 5) is 16.1. The second kappa shape index (κ2) is 5.36. The molecule has 2 aromatic rings. The van der Waals surface area contributed by atoms with Crippen molar-refractivity contribution in [1.29, 1.82) is 0 Å². The van der Waals surface area contributed by atoms with Crippen LogP contribution in [0.4, 0.5) is 10.8 Å². The molecule has 1 amide bonds. The summed E-state index contributed by atoms with van der Waals surface area (Å²) in [6.07, 6.45) is 1.62. The van der Waals surface area contributed by atoms with Crippen LogP contribution >= 0.6 is 27.3 Å². The van der Waals surface area contributed by atoms with Gasteiger partial charge in [0.05, 0.1) is 22.7 Å². The minimum absolute atomic E-state index is 0.305. The van der Waals surface area contributed by atoms with Crippen molar-refractivity contribution < 1.29 is 9.53 Å². The molecular formula is C11H10BrN3O2S. The van der Waals surface area contributed by atoms with Gasteiger partial charge in [0.2, 0.25) is 0 Å². The molecule has 0 spiro atoms. The molecule has 0 unspecified atom stereocenters. The van der Waals surface area contributed by atoms with Crippen LogP contribution in [0.2, 0.25) is 0 Å². The summed E-state index contributed by atoms with van der Waals surface area (Å²) in [7, 11) is 1.50. The highest BCUT2D eigenvalue weighted by atomic mass is 79.9. The van der Waals surface area contributed by atoms with Crippen LogP contribution in [0, 0.1) is 0 Å². The standard InChI is InChI=1S/C11H10BrN3O2S/c1-17-8-3-2-6(13)4-7(8)10(16)15-11-14-5-9(12)18-11/h2-5H,13H2,1H3,(H,14,15,16). The number of nitrogens with two attached hydrogens (primary N) is 1. The topological polar surface area (TPSA) is 77.2 Å². The summed E-state index contributed by atoms with van der Waals surface area (Å²) in [5.74, 6) is 0.165. The highest BCUT2D eigenvalue weighted by molar-refractivity contribution is 9.11. The van der Waals surface area contributed by atoms with E-state index in [1.807, 2.05) is 0 Å². The second-order valence-corrected chi connectivity index (χ2v) is 5.79. The number of methoxy groups -OCH3 is 1. The first-order valence-corrected chi connectivity index (χ1v) is 6.57. The average Bonchev–Trinajstić information content (AvgIpc) is 2.74. The van der Waals surface area contributed by atoms with Gasteiger partial charge in [-0.25, -0.2) is 4.98 Å². The summed E-state index contributed by atoms with van der Waals surface area (Å²) in [6.45, 7) is 0. The lowest BCUT2D eigenvalue weighted by molar-refractivity contribution is 0.102. The zero-order valence-electron chi connectivity index (χ0n) is 9.44. The number of carbonyl (C=O) groups is 1. The fraction of sp³-hybridized carbons (Fsp3) is 0.0909. The summed E-state index contributed by atoms with van der Waals surface area (Å²) in [5.41, 5.74) is 6.54. The number of hydrogen-bond donors (Lipinski definition) is 2. The van der Waals surface area contributed by atoms with E-state index in [4.69, 9.17) is 10.5 Å². The van der Waals surface area contributed by atoms with E-state index in [9.17, 15) is 4.79 Å². The molecule has 0 aliphatic rings. The molecule has 0 bridgehead atoms. The molecule has 1 aromatic heterocycles. The lowest BCUT2D eigenvalue weighted by Gasteiger charge is -2.08. The van der Waals surface area contributed by atoms with E-state index in [1.54, 1.807) is 24.4 Å². The van der Waals surface area contributed by atoms with Crippen molar-refractivity contribution in [2.75, 3.05) is 18.2 Å². The largest absolute Gasteiger partial charge is 0.496 e. The normalized spacial score (nSPS) is 10.1. The fourth-order valence-electron chi connectivity index (χ4n) is 1.38. The third-order valence-electron chi connectivity index (χ3n) is 2.17. The van der Waals surface area contributed by atoms with Crippen molar-refractivity contribution in [2.45, 2.75) is 0 Å². The van der Waals surface area contributed by atoms with Gasteiger partial charge in [-0.15, -0.1) is 0 Å². The van der Waals surface area contributed by atoms with Crippen LogP contribution in [0.15, 0.2) is 28.2 Å². The molecule has 0 aliphatic heterocycles. The highest BCUT2D eigenvalue weighted by Gasteiger charge is 2.14. The number of nitrogens with zero attached hydrogens (tertiary/aromatic N) is 1. The number of benzene rings is 1. The number of thiazole rings is 1. The van der Waals surface area contributed by atoms with Gasteiger partial charge in [0.25, 0.3) is 5.91 Å². The third kappa shape index (κ3) is 2.80. The lowest BCUT2D eigenvalue weighted by Crippen LogP contribution is -2.13. The molecule has 0 saturated carbocycles. The van der Waals surface area contributed by atoms with E-state index in [2.05, 4.69) is 26.2 Å². The van der Waals surface area contributed by atoms with Crippen molar-refractivity contribution in [3.63, 3.8) is 0 Å². The molecule has 0 fully saturated rings. The SMILES string of the molecule is COc1ccc(N)cc1C(=O)Nc1ncc(Br)s1. The van der Waals surface area contributed by atoms with Crippen molar-refractivity contribution in [2.24, 2.45) is 0 Å². The van der Waals surface area contributed by atoms with Crippen LogP contribution < -0.4 is 15.8 Å². The monoisotopic (exact) mass is 327 g/mol. The molecule has 0 radical (unpaired) electrons. The van der Waals surface area contributed by atoms with Crippen molar-refractivity contribution in [3.05, 3.63) is 33.7 Å². The van der Waals surface area contributed by atoms with Crippen LogP contribution in [0.25, 0.3) is 0 Å². The van der Waals surface area contributed by atoms with E-state index in [0.717, 1.165) is 3.79 Å². The predicted molar refractivity (Wildman–Crippen MR) is 75.2 cm³/mol. The van der Waals surface area contributed by atoms with Crippen LogP contribution in [-0.4, -0.2) is 18.0 Å². The number of aromatic nitrogens is 1. The Morgan fingerprint density at radius 1 is 1.56 bits per heavy atom. The van der Waals surface area contributed by atoms with E-state index in [0.29, 0.717) is 22.1 Å². The van der Waals surface area contributed by atoms with Crippen molar-refractivity contribution >= 4 is 44.0 Å². The van der Waals surface area contributed by atoms with Crippen LogP contribution in [-0.2, 0) is 0 Å². The maximum absolute atomic E-state index is 12.1. The van der Waals surface area contributed by atoms with Gasteiger partial charge in [0.1, 0.15) is 5.75 Å². The Labute approximate surface area is 116 Å². The molecule has 0 saturated heterocycles. The molecule has 1 aromatic carbocycles. The number of halogens is 1. The lowest BCUT2D eigenvalue weighted by atomic mass is 10.1. The van der Waals surface area contributed by atoms with Crippen LogP contribution in [0.1, 0.15) is 10.4 Å². The number of anilines is 2. The van der Waals surface area contributed by atoms with Gasteiger partial charge in [0.15, 0.2) is 5.13 Å². The van der Waals surface area contributed by atoms with Crippen LogP contribution in [0.5, 0.6) is 5.75 Å². The Bertz CT molecular complexity index is 585. The Hall–Kier alpha value is -1.60. The van der Waals surface area contributed by atoms with E-state index in [-0.39, 0.29) is 5.91 Å². The van der Waals surface area contributed by atoms with Crippen LogP contribution in [0.3, 0.4) is 0 Å². The summed E-state index contributed by atoms with van der Waals surface area (Å²) in [5, 5.41) is 3.19. The van der Waals surface area contributed by atoms with Crippen molar-refractivity contribution in [3.8, 4) is 5.75 Å². The minimum atomic E-state index is -0.305. The summed E-state index contributed by atoms with van der Waals surface area (Å²) < 4.78 is 5.97. The molecular weight excluding hydrogens is 318 g/mol. The molecule has 2 rings (SSSR count). The first-order valence-electron chi connectivity index (χ1n) is 4.96. The average molecular weight is 328 g/mol. The molecule has 0 aliphatic carbocycles. The number of carbonyl (C=O) groups excluding carboxylic acids is 1. The number of nitrogens with one attached hydrogen (secondary N) is 1. The van der Waals surface area contributed by atoms with E-state index >= 15 is 0 Å². The van der Waals surface area contributed by atoms with Gasteiger partial charge in [-0.05, 0) is 34.1 Å². The fourth-order valence-corrected chi connectivity index (χ4v) is 2.48. The van der Waals surface area contributed by atoms with E-state index in [1.165, 1.54) is 18.4 Å². The molecule has 94 valence electrons. The Kier molecular flexibility index (Phi) is 3.83. The minimum Gasteiger partial charge on any atom is -0.496 e. The number of nitrogen functional groups attached to an aromatic ring is 1. The van der Waals surface area contributed by atoms with E-state index < -0.39 is 0 Å². The first-order chi connectivity index (χ1) is 8.60. The smallest absolute Gasteiger partial charge is 0.261 e. The molecule has 3 N–H and O–H groups in total. The number of hydrogen-bond acceptors (Lipinski definition) is 5. The zero-order chi connectivity index (χ0) is 13.1. The Morgan fingerprint density at radius 3 is 2.94 bits per heavy atom. The van der Waals surface area contributed by atoms with Gasteiger partial charge < -0.3 is 10.5 Å². The predicted octanol–water partition coefficient (Wildman–Crippen LogP) is 2.75. The van der Waals surface area contributed by atoms with Gasteiger partial charge in [-0.2, -0.15) is 0 Å². The Morgan fingerprint density at radius 2 is 2.33 bits per heavy atom. The molecule has 7 heteroatoms. The molecule has 18 heavy (non-hydrogen) atoms. The van der Waals surface area contributed by atoms with Gasteiger partial charge >= 0.3 is 0 Å². The maximum Gasteiger partial charge on any atom is 0.261 e. The maximum atomic E-state index is 12.1. The van der Waals surface area contributed by atoms with Gasteiger partial charge in [-0.1, -0.05) is 11.3 Å². The summed E-state index contributed by atoms with van der Waals surface area (Å²) in [6, 6.07) is 4.90. The molecule has 0 atom stereocenters. The van der Waals surface area contributed by atoms with Crippen molar-refractivity contribution in [1.82, 2.24) is 4.98 Å². The number of ether oxygens (including phenoxy) is 1. The quantitative estimate of drug-likeness (QED) is 0.850. The highest BCUT2D eigenvalue weighted by Crippen LogP contribution is 2.26. The third-order valence-corrected chi connectivity index (χ3v) is 3.56.